The normalized spacial score (nSPS) is 12.1. The number of aryl methyl sites for hydroxylation is 1. The maximum absolute atomic E-state index is 14.5. The number of hydrogen-bond donors (Lipinski definition) is 0. The smallest absolute Gasteiger partial charge is 0.434 e. The lowest BCUT2D eigenvalue weighted by Crippen LogP contribution is -2.12. The average Bonchev–Trinajstić information content (AvgIpc) is 2.91. The number of fused-ring (bicyclic) bond motifs is 1. The number of alkyl halides is 6. The fourth-order valence-electron chi connectivity index (χ4n) is 4.65. The van der Waals surface area contributed by atoms with Crippen molar-refractivity contribution in [1.82, 2.24) is 4.98 Å². The zero-order chi connectivity index (χ0) is 28.7. The Morgan fingerprint density at radius 1 is 0.750 bits per heavy atom. The molecule has 0 saturated heterocycles. The van der Waals surface area contributed by atoms with Gasteiger partial charge in [-0.15, -0.1) is 0 Å². The van der Waals surface area contributed by atoms with Crippen LogP contribution in [0.1, 0.15) is 22.4 Å². The summed E-state index contributed by atoms with van der Waals surface area (Å²) in [4.78, 5) is 4.02. The van der Waals surface area contributed by atoms with E-state index < -0.39 is 28.6 Å². The van der Waals surface area contributed by atoms with E-state index in [-0.39, 0.29) is 29.0 Å². The molecule has 0 atom stereocenters. The van der Waals surface area contributed by atoms with E-state index in [0.717, 1.165) is 6.07 Å². The molecule has 0 unspecified atom stereocenters. The first kappa shape index (κ1) is 27.5. The molecular weight excluding hydrogens is 552 g/mol. The first-order valence-electron chi connectivity index (χ1n) is 12.1. The molecule has 0 amide bonds. The van der Waals surface area contributed by atoms with Crippen LogP contribution >= 0.6 is 11.6 Å². The zero-order valence-electron chi connectivity index (χ0n) is 20.9. The second-order valence-electron chi connectivity index (χ2n) is 9.13. The third-order valence-corrected chi connectivity index (χ3v) is 6.92. The summed E-state index contributed by atoms with van der Waals surface area (Å²) in [5, 5.41) is 0.0368. The van der Waals surface area contributed by atoms with Crippen molar-refractivity contribution in [2.24, 2.45) is 0 Å². The van der Waals surface area contributed by atoms with E-state index >= 15 is 0 Å². The first-order valence-corrected chi connectivity index (χ1v) is 12.5. The fraction of sp³-hybridized carbons (Fsp3) is 0.129. The lowest BCUT2D eigenvalue weighted by molar-refractivity contribution is -0.140. The number of hydrogen-bond acceptors (Lipinski definition) is 2. The molecule has 0 spiro atoms. The Bertz CT molecular complexity index is 1710. The molecule has 5 rings (SSSR count). The summed E-state index contributed by atoms with van der Waals surface area (Å²) in [6.45, 7) is 1.45. The van der Waals surface area contributed by atoms with Gasteiger partial charge in [-0.1, -0.05) is 78.3 Å². The number of halogens is 7. The van der Waals surface area contributed by atoms with Gasteiger partial charge >= 0.3 is 12.4 Å². The van der Waals surface area contributed by atoms with Crippen molar-refractivity contribution < 1.29 is 31.1 Å². The molecule has 1 heterocycles. The second kappa shape index (κ2) is 10.5. The number of benzene rings is 4. The number of para-hydroxylation sites is 1. The van der Waals surface area contributed by atoms with Gasteiger partial charge in [0.2, 0.25) is 0 Å². The maximum Gasteiger partial charge on any atom is 0.434 e. The SMILES string of the molecule is Cc1ccccc1-c1c(C(F)(F)F)nc2ccccc2c1-c1cccc(OCc2cccc(C(F)(F)F)c2Cl)c1. The minimum Gasteiger partial charge on any atom is -0.489 e. The van der Waals surface area contributed by atoms with Crippen LogP contribution in [0.15, 0.2) is 91.0 Å². The van der Waals surface area contributed by atoms with Gasteiger partial charge in [0.25, 0.3) is 0 Å². The predicted molar refractivity (Wildman–Crippen MR) is 143 cm³/mol. The van der Waals surface area contributed by atoms with E-state index in [2.05, 4.69) is 4.98 Å². The van der Waals surface area contributed by atoms with Gasteiger partial charge < -0.3 is 4.74 Å². The van der Waals surface area contributed by atoms with Gasteiger partial charge in [-0.2, -0.15) is 26.3 Å². The quantitative estimate of drug-likeness (QED) is 0.196. The van der Waals surface area contributed by atoms with Crippen molar-refractivity contribution in [2.45, 2.75) is 25.9 Å². The van der Waals surface area contributed by atoms with Crippen LogP contribution in [-0.4, -0.2) is 4.98 Å². The molecule has 0 aliphatic rings. The van der Waals surface area contributed by atoms with Gasteiger partial charge in [0.05, 0.1) is 16.1 Å². The highest BCUT2D eigenvalue weighted by Crippen LogP contribution is 2.46. The molecule has 204 valence electrons. The third-order valence-electron chi connectivity index (χ3n) is 6.48. The molecular formula is C31H20ClF6NO. The summed E-state index contributed by atoms with van der Waals surface area (Å²) in [6.07, 6.45) is -9.37. The Hall–Kier alpha value is -4.04. The van der Waals surface area contributed by atoms with Crippen LogP contribution in [0.3, 0.4) is 0 Å². The van der Waals surface area contributed by atoms with Crippen LogP contribution in [0, 0.1) is 6.92 Å². The lowest BCUT2D eigenvalue weighted by atomic mass is 9.88. The summed E-state index contributed by atoms with van der Waals surface area (Å²) in [6, 6.07) is 23.3. The Balaban J connectivity index is 1.66. The van der Waals surface area contributed by atoms with Crippen molar-refractivity contribution in [3.05, 3.63) is 118 Å². The molecule has 5 aromatic rings. The van der Waals surface area contributed by atoms with Crippen LogP contribution in [0.5, 0.6) is 5.75 Å². The largest absolute Gasteiger partial charge is 0.489 e. The standard InChI is InChI=1S/C31H20ClF6NO/c1-18-8-2-3-12-22(18)27-26(23-13-4-5-15-25(23)39-29(27)31(36,37)38)19-9-6-11-21(16-19)40-17-20-10-7-14-24(28(20)32)30(33,34)35/h2-16H,17H2,1H3. The Kier molecular flexibility index (Phi) is 7.23. The van der Waals surface area contributed by atoms with Crippen LogP contribution in [0.2, 0.25) is 5.02 Å². The van der Waals surface area contributed by atoms with E-state index in [1.807, 2.05) is 0 Å². The summed E-state index contributed by atoms with van der Waals surface area (Å²) in [5.41, 5.74) is -0.0111. The molecule has 0 saturated carbocycles. The van der Waals surface area contributed by atoms with Gasteiger partial charge in [-0.25, -0.2) is 4.98 Å². The van der Waals surface area contributed by atoms with Crippen molar-refractivity contribution in [2.75, 3.05) is 0 Å². The molecule has 0 aliphatic carbocycles. The molecule has 9 heteroatoms. The van der Waals surface area contributed by atoms with E-state index in [1.165, 1.54) is 18.2 Å². The fourth-order valence-corrected chi connectivity index (χ4v) is 4.93. The van der Waals surface area contributed by atoms with Gasteiger partial charge in [0.15, 0.2) is 5.69 Å². The molecule has 0 bridgehead atoms. The Morgan fingerprint density at radius 3 is 2.17 bits per heavy atom. The van der Waals surface area contributed by atoms with Crippen molar-refractivity contribution >= 4 is 22.5 Å². The summed E-state index contributed by atoms with van der Waals surface area (Å²) in [7, 11) is 0. The molecule has 0 aliphatic heterocycles. The highest BCUT2D eigenvalue weighted by molar-refractivity contribution is 6.32. The Labute approximate surface area is 230 Å². The highest BCUT2D eigenvalue weighted by atomic mass is 35.5. The number of rotatable bonds is 5. The van der Waals surface area contributed by atoms with Crippen molar-refractivity contribution in [3.8, 4) is 28.0 Å². The van der Waals surface area contributed by atoms with Crippen molar-refractivity contribution in [1.29, 1.82) is 0 Å². The number of pyridine rings is 1. The molecule has 0 N–H and O–H groups in total. The van der Waals surface area contributed by atoms with E-state index in [9.17, 15) is 26.3 Å². The topological polar surface area (TPSA) is 22.1 Å². The maximum atomic E-state index is 14.5. The van der Waals surface area contributed by atoms with E-state index in [4.69, 9.17) is 16.3 Å². The minimum atomic E-state index is -4.75. The van der Waals surface area contributed by atoms with E-state index in [1.54, 1.807) is 73.7 Å². The zero-order valence-corrected chi connectivity index (χ0v) is 21.6. The summed E-state index contributed by atoms with van der Waals surface area (Å²) < 4.78 is 89.0. The highest BCUT2D eigenvalue weighted by Gasteiger charge is 2.38. The molecule has 40 heavy (non-hydrogen) atoms. The van der Waals surface area contributed by atoms with Crippen LogP contribution < -0.4 is 4.74 Å². The molecule has 4 aromatic carbocycles. The number of nitrogens with zero attached hydrogens (tertiary/aromatic N) is 1. The number of ether oxygens (including phenoxy) is 1. The van der Waals surface area contributed by atoms with Gasteiger partial charge in [-0.05, 0) is 47.9 Å². The third kappa shape index (κ3) is 5.36. The van der Waals surface area contributed by atoms with Crippen LogP contribution in [-0.2, 0) is 19.0 Å². The number of aromatic nitrogens is 1. The molecule has 1 aromatic heterocycles. The Morgan fingerprint density at radius 2 is 1.45 bits per heavy atom. The van der Waals surface area contributed by atoms with Crippen LogP contribution in [0.4, 0.5) is 26.3 Å². The van der Waals surface area contributed by atoms with Gasteiger partial charge in [0.1, 0.15) is 12.4 Å². The minimum absolute atomic E-state index is 0.0672. The molecule has 0 radical (unpaired) electrons. The van der Waals surface area contributed by atoms with Crippen LogP contribution in [0.25, 0.3) is 33.2 Å². The van der Waals surface area contributed by atoms with E-state index in [0.29, 0.717) is 27.6 Å². The predicted octanol–water partition coefficient (Wildman–Crippen LogP) is 10.1. The molecule has 2 nitrogen and oxygen atoms in total. The summed E-state index contributed by atoms with van der Waals surface area (Å²) in [5.74, 6) is 0.246. The second-order valence-corrected chi connectivity index (χ2v) is 9.51. The monoisotopic (exact) mass is 571 g/mol. The van der Waals surface area contributed by atoms with Gasteiger partial charge in [-0.3, -0.25) is 0 Å². The first-order chi connectivity index (χ1) is 18.9. The summed E-state index contributed by atoms with van der Waals surface area (Å²) >= 11 is 6.00. The molecule has 0 fully saturated rings. The average molecular weight is 572 g/mol. The van der Waals surface area contributed by atoms with Gasteiger partial charge in [0, 0.05) is 22.1 Å². The lowest BCUT2D eigenvalue weighted by Gasteiger charge is -2.21. The van der Waals surface area contributed by atoms with Crippen molar-refractivity contribution in [3.63, 3.8) is 0 Å².